The fourth-order valence-electron chi connectivity index (χ4n) is 2.22. The third-order valence-electron chi connectivity index (χ3n) is 3.65. The quantitative estimate of drug-likeness (QED) is 0.825. The molecule has 1 aliphatic rings. The lowest BCUT2D eigenvalue weighted by atomic mass is 10.0. The second-order valence-electron chi connectivity index (χ2n) is 5.10. The molecule has 0 unspecified atom stereocenters. The lowest BCUT2D eigenvalue weighted by molar-refractivity contribution is 1.09. The third-order valence-corrected chi connectivity index (χ3v) is 3.65. The third kappa shape index (κ3) is 3.31. The summed E-state index contributed by atoms with van der Waals surface area (Å²) < 4.78 is 0. The van der Waals surface area contributed by atoms with E-state index in [1.165, 1.54) is 0 Å². The Morgan fingerprint density at radius 1 is 1.24 bits per heavy atom. The summed E-state index contributed by atoms with van der Waals surface area (Å²) in [5.74, 6) is 0. The zero-order valence-corrected chi connectivity index (χ0v) is 12.6. The van der Waals surface area contributed by atoms with Gasteiger partial charge >= 0.3 is 0 Å². The molecule has 4 N–H and O–H groups in total. The Labute approximate surface area is 126 Å². The van der Waals surface area contributed by atoms with Gasteiger partial charge in [0.25, 0.3) is 0 Å². The number of hydrogen-bond acceptors (Lipinski definition) is 3. The van der Waals surface area contributed by atoms with Crippen LogP contribution < -0.4 is 11.5 Å². The number of para-hydroxylation sites is 1. The van der Waals surface area contributed by atoms with Gasteiger partial charge in [-0.15, -0.1) is 0 Å². The largest absolute Gasteiger partial charge is 0.401 e. The lowest BCUT2D eigenvalue weighted by Crippen LogP contribution is -2.09. The maximum atomic E-state index is 6.27. The summed E-state index contributed by atoms with van der Waals surface area (Å²) in [6.07, 6.45) is 4.43. The maximum absolute atomic E-state index is 6.27. The Hall–Kier alpha value is -2.55. The zero-order chi connectivity index (χ0) is 15.4. The van der Waals surface area contributed by atoms with Crippen LogP contribution in [0.5, 0.6) is 0 Å². The topological polar surface area (TPSA) is 64.4 Å². The highest BCUT2D eigenvalue weighted by atomic mass is 14.7. The monoisotopic (exact) mass is 279 g/mol. The average Bonchev–Trinajstić information content (AvgIpc) is 2.87. The van der Waals surface area contributed by atoms with Gasteiger partial charge in [-0.1, -0.05) is 30.9 Å². The minimum absolute atomic E-state index is 0.670. The lowest BCUT2D eigenvalue weighted by Gasteiger charge is -2.09. The van der Waals surface area contributed by atoms with Crippen molar-refractivity contribution in [1.82, 2.24) is 0 Å². The normalized spacial score (nSPS) is 16.7. The highest BCUT2D eigenvalue weighted by Gasteiger charge is 2.15. The van der Waals surface area contributed by atoms with Crippen LogP contribution in [0.2, 0.25) is 0 Å². The molecule has 1 aliphatic carbocycles. The molecular weight excluding hydrogens is 258 g/mol. The van der Waals surface area contributed by atoms with Gasteiger partial charge in [0.15, 0.2) is 0 Å². The molecule has 1 aromatic rings. The molecule has 0 spiro atoms. The van der Waals surface area contributed by atoms with Crippen molar-refractivity contribution in [3.05, 3.63) is 77.2 Å². The number of rotatable bonds is 4. The van der Waals surface area contributed by atoms with E-state index in [9.17, 15) is 0 Å². The summed E-state index contributed by atoms with van der Waals surface area (Å²) in [4.78, 5) is 4.60. The van der Waals surface area contributed by atoms with Crippen molar-refractivity contribution in [3.8, 4) is 0 Å². The Bertz CT molecular complexity index is 674. The van der Waals surface area contributed by atoms with Gasteiger partial charge in [-0.25, -0.2) is 0 Å². The summed E-state index contributed by atoms with van der Waals surface area (Å²) in [5.41, 5.74) is 18.6. The molecule has 21 heavy (non-hydrogen) atoms. The van der Waals surface area contributed by atoms with Crippen LogP contribution in [0.15, 0.2) is 82.2 Å². The second-order valence-corrected chi connectivity index (χ2v) is 5.10. The molecule has 0 radical (unpaired) electrons. The highest BCUT2D eigenvalue weighted by molar-refractivity contribution is 6.00. The predicted octanol–water partition coefficient (Wildman–Crippen LogP) is 3.74. The molecule has 1 aromatic carbocycles. The van der Waals surface area contributed by atoms with Gasteiger partial charge < -0.3 is 11.5 Å². The van der Waals surface area contributed by atoms with Crippen LogP contribution in [-0.4, -0.2) is 5.71 Å². The highest BCUT2D eigenvalue weighted by Crippen LogP contribution is 2.27. The van der Waals surface area contributed by atoms with E-state index in [2.05, 4.69) is 11.6 Å². The van der Waals surface area contributed by atoms with Crippen LogP contribution in [0.1, 0.15) is 20.3 Å². The van der Waals surface area contributed by atoms with E-state index in [-0.39, 0.29) is 0 Å². The van der Waals surface area contributed by atoms with Gasteiger partial charge in [0, 0.05) is 23.5 Å². The standard InChI is InChI=1S/C18H21N3/c1-4-14-10-15(11-17(14)19)18(20)12(2)13(3)21-16-8-6-5-7-9-16/h4-10H,1,11,19-20H2,2-3H3. The van der Waals surface area contributed by atoms with Crippen LogP contribution in [0.4, 0.5) is 5.69 Å². The number of benzene rings is 1. The first-order valence-corrected chi connectivity index (χ1v) is 6.92. The van der Waals surface area contributed by atoms with Gasteiger partial charge in [0.1, 0.15) is 0 Å². The second kappa shape index (κ2) is 6.27. The number of aliphatic imine (C=N–C) groups is 1. The SMILES string of the molecule is C=CC1=C(N)CC(C(N)=C(C)C(C)=Nc2ccccc2)=C1. The summed E-state index contributed by atoms with van der Waals surface area (Å²) in [6, 6.07) is 9.85. The van der Waals surface area contributed by atoms with Crippen LogP contribution in [0, 0.1) is 0 Å². The molecule has 2 rings (SSSR count). The van der Waals surface area contributed by atoms with E-state index in [0.717, 1.165) is 39.5 Å². The number of allylic oxidation sites excluding steroid dienone is 6. The molecule has 0 amide bonds. The van der Waals surface area contributed by atoms with E-state index < -0.39 is 0 Å². The van der Waals surface area contributed by atoms with Gasteiger partial charge in [0.05, 0.1) is 5.69 Å². The molecular formula is C18H21N3. The van der Waals surface area contributed by atoms with Crippen LogP contribution in [0.3, 0.4) is 0 Å². The summed E-state index contributed by atoms with van der Waals surface area (Å²) in [6.45, 7) is 7.71. The molecule has 0 aromatic heterocycles. The van der Waals surface area contributed by atoms with E-state index >= 15 is 0 Å². The van der Waals surface area contributed by atoms with E-state index in [4.69, 9.17) is 11.5 Å². The molecule has 0 heterocycles. The van der Waals surface area contributed by atoms with E-state index in [1.54, 1.807) is 6.08 Å². The van der Waals surface area contributed by atoms with Gasteiger partial charge in [-0.2, -0.15) is 0 Å². The first-order chi connectivity index (χ1) is 10.0. The Balaban J connectivity index is 2.28. The fourth-order valence-corrected chi connectivity index (χ4v) is 2.22. The molecule has 0 bridgehead atoms. The summed E-state index contributed by atoms with van der Waals surface area (Å²) in [5, 5.41) is 0. The first kappa shape index (κ1) is 14.9. The van der Waals surface area contributed by atoms with Crippen LogP contribution in [-0.2, 0) is 0 Å². The zero-order valence-electron chi connectivity index (χ0n) is 12.6. The smallest absolute Gasteiger partial charge is 0.0632 e. The van der Waals surface area contributed by atoms with Crippen molar-refractivity contribution in [3.63, 3.8) is 0 Å². The van der Waals surface area contributed by atoms with Crippen molar-refractivity contribution < 1.29 is 0 Å². The van der Waals surface area contributed by atoms with Crippen LogP contribution >= 0.6 is 0 Å². The Morgan fingerprint density at radius 2 is 1.90 bits per heavy atom. The van der Waals surface area contributed by atoms with Crippen molar-refractivity contribution >= 4 is 11.4 Å². The molecule has 3 heteroatoms. The number of hydrogen-bond donors (Lipinski definition) is 2. The van der Waals surface area contributed by atoms with Crippen molar-refractivity contribution in [2.24, 2.45) is 16.5 Å². The molecule has 0 atom stereocenters. The Kier molecular flexibility index (Phi) is 4.43. The van der Waals surface area contributed by atoms with Gasteiger partial charge in [-0.05, 0) is 48.8 Å². The molecule has 0 aliphatic heterocycles. The molecule has 3 nitrogen and oxygen atoms in total. The van der Waals surface area contributed by atoms with Crippen LogP contribution in [0.25, 0.3) is 0 Å². The molecule has 0 fully saturated rings. The van der Waals surface area contributed by atoms with E-state index in [0.29, 0.717) is 6.42 Å². The Morgan fingerprint density at radius 3 is 2.48 bits per heavy atom. The predicted molar refractivity (Wildman–Crippen MR) is 90.2 cm³/mol. The summed E-state index contributed by atoms with van der Waals surface area (Å²) >= 11 is 0. The molecule has 0 saturated heterocycles. The van der Waals surface area contributed by atoms with Gasteiger partial charge in [-0.3, -0.25) is 4.99 Å². The number of nitrogens with two attached hydrogens (primary N) is 2. The van der Waals surface area contributed by atoms with E-state index in [1.807, 2.05) is 50.3 Å². The molecule has 108 valence electrons. The fraction of sp³-hybridized carbons (Fsp3) is 0.167. The number of nitrogens with zero attached hydrogens (tertiary/aromatic N) is 1. The van der Waals surface area contributed by atoms with Crippen molar-refractivity contribution in [2.45, 2.75) is 20.3 Å². The van der Waals surface area contributed by atoms with Crippen molar-refractivity contribution in [1.29, 1.82) is 0 Å². The minimum Gasteiger partial charge on any atom is -0.401 e. The minimum atomic E-state index is 0.670. The van der Waals surface area contributed by atoms with Gasteiger partial charge in [0.2, 0.25) is 0 Å². The first-order valence-electron chi connectivity index (χ1n) is 6.92. The average molecular weight is 279 g/mol. The summed E-state index contributed by atoms with van der Waals surface area (Å²) in [7, 11) is 0. The maximum Gasteiger partial charge on any atom is 0.0632 e. The molecule has 0 saturated carbocycles. The van der Waals surface area contributed by atoms with Crippen molar-refractivity contribution in [2.75, 3.05) is 0 Å².